The first kappa shape index (κ1) is 13.4. The number of aromatic nitrogens is 4. The van der Waals surface area contributed by atoms with Crippen LogP contribution in [0.15, 0.2) is 0 Å². The standard InChI is InChI=1S/C10H19N5O2/c1-5-6-7(8-12-14-15-13-8)11-9(16)17-10(2,3)4/h7H,5-6H2,1-4H3,(H,11,16)(H,12,13,14,15)/t7-/m0/s1. The summed E-state index contributed by atoms with van der Waals surface area (Å²) in [6.07, 6.45) is 1.16. The number of carbonyl (C=O) groups excluding carboxylic acids is 1. The Morgan fingerprint density at radius 1 is 1.53 bits per heavy atom. The molecule has 7 heteroatoms. The molecule has 0 aromatic carbocycles. The number of aromatic amines is 1. The van der Waals surface area contributed by atoms with E-state index in [4.69, 9.17) is 4.74 Å². The van der Waals surface area contributed by atoms with Crippen LogP contribution in [0.25, 0.3) is 0 Å². The Balaban J connectivity index is 2.59. The molecule has 17 heavy (non-hydrogen) atoms. The van der Waals surface area contributed by atoms with E-state index < -0.39 is 11.7 Å². The molecule has 0 saturated carbocycles. The molecule has 1 aromatic heterocycles. The zero-order valence-electron chi connectivity index (χ0n) is 10.6. The van der Waals surface area contributed by atoms with Crippen molar-refractivity contribution < 1.29 is 9.53 Å². The molecule has 96 valence electrons. The molecule has 1 atom stereocenters. The van der Waals surface area contributed by atoms with Gasteiger partial charge in [0.05, 0.1) is 6.04 Å². The lowest BCUT2D eigenvalue weighted by atomic mass is 10.1. The fraction of sp³-hybridized carbons (Fsp3) is 0.800. The van der Waals surface area contributed by atoms with Crippen molar-refractivity contribution in [2.75, 3.05) is 0 Å². The SMILES string of the molecule is CCC[C@H](NC(=O)OC(C)(C)C)c1nn[nH]n1. The zero-order valence-corrected chi connectivity index (χ0v) is 10.6. The predicted molar refractivity (Wildman–Crippen MR) is 61.2 cm³/mol. The molecule has 0 fully saturated rings. The summed E-state index contributed by atoms with van der Waals surface area (Å²) in [6.45, 7) is 7.46. The van der Waals surface area contributed by atoms with Gasteiger partial charge in [0.15, 0.2) is 5.82 Å². The van der Waals surface area contributed by atoms with Crippen LogP contribution < -0.4 is 5.32 Å². The average molecular weight is 241 g/mol. The smallest absolute Gasteiger partial charge is 0.408 e. The highest BCUT2D eigenvalue weighted by molar-refractivity contribution is 5.68. The molecular formula is C10H19N5O2. The molecule has 0 saturated heterocycles. The van der Waals surface area contributed by atoms with E-state index in [1.54, 1.807) is 0 Å². The number of carbonyl (C=O) groups is 1. The highest BCUT2D eigenvalue weighted by atomic mass is 16.6. The number of nitrogens with one attached hydrogen (secondary N) is 2. The van der Waals surface area contributed by atoms with Crippen LogP contribution in [-0.2, 0) is 4.74 Å². The Hall–Kier alpha value is -1.66. The van der Waals surface area contributed by atoms with Crippen LogP contribution in [0, 0.1) is 0 Å². The number of ether oxygens (including phenoxy) is 1. The van der Waals surface area contributed by atoms with Gasteiger partial charge < -0.3 is 10.1 Å². The third-order valence-electron chi connectivity index (χ3n) is 1.94. The van der Waals surface area contributed by atoms with Crippen molar-refractivity contribution in [1.29, 1.82) is 0 Å². The number of amides is 1. The number of nitrogens with zero attached hydrogens (tertiary/aromatic N) is 3. The van der Waals surface area contributed by atoms with E-state index in [9.17, 15) is 4.79 Å². The van der Waals surface area contributed by atoms with Crippen LogP contribution in [0.3, 0.4) is 0 Å². The van der Waals surface area contributed by atoms with Gasteiger partial charge in [-0.25, -0.2) is 4.79 Å². The van der Waals surface area contributed by atoms with Crippen LogP contribution in [-0.4, -0.2) is 32.3 Å². The lowest BCUT2D eigenvalue weighted by Crippen LogP contribution is -2.35. The fourth-order valence-electron chi connectivity index (χ4n) is 1.32. The third kappa shape index (κ3) is 4.80. The van der Waals surface area contributed by atoms with Gasteiger partial charge in [0.25, 0.3) is 0 Å². The molecule has 1 heterocycles. The number of tetrazole rings is 1. The van der Waals surface area contributed by atoms with E-state index in [-0.39, 0.29) is 6.04 Å². The van der Waals surface area contributed by atoms with Gasteiger partial charge in [-0.1, -0.05) is 18.6 Å². The molecule has 7 nitrogen and oxygen atoms in total. The Morgan fingerprint density at radius 3 is 2.71 bits per heavy atom. The fourth-order valence-corrected chi connectivity index (χ4v) is 1.32. The average Bonchev–Trinajstić information content (AvgIpc) is 2.66. The minimum atomic E-state index is -0.516. The van der Waals surface area contributed by atoms with Crippen molar-refractivity contribution in [2.45, 2.75) is 52.2 Å². The number of hydrogen-bond acceptors (Lipinski definition) is 5. The highest BCUT2D eigenvalue weighted by Gasteiger charge is 2.22. The van der Waals surface area contributed by atoms with Gasteiger partial charge in [-0.3, -0.25) is 0 Å². The monoisotopic (exact) mass is 241 g/mol. The zero-order chi connectivity index (χ0) is 12.9. The molecule has 0 radical (unpaired) electrons. The van der Waals surface area contributed by atoms with E-state index in [0.717, 1.165) is 12.8 Å². The van der Waals surface area contributed by atoms with E-state index >= 15 is 0 Å². The molecule has 0 aliphatic carbocycles. The van der Waals surface area contributed by atoms with Crippen LogP contribution in [0.5, 0.6) is 0 Å². The topological polar surface area (TPSA) is 92.8 Å². The second kappa shape index (κ2) is 5.60. The molecule has 1 amide bonds. The first-order chi connectivity index (χ1) is 7.92. The van der Waals surface area contributed by atoms with E-state index in [1.807, 2.05) is 27.7 Å². The first-order valence-electron chi connectivity index (χ1n) is 5.65. The van der Waals surface area contributed by atoms with E-state index in [1.165, 1.54) is 0 Å². The van der Waals surface area contributed by atoms with Crippen molar-refractivity contribution in [3.63, 3.8) is 0 Å². The van der Waals surface area contributed by atoms with Gasteiger partial charge in [-0.2, -0.15) is 5.21 Å². The maximum atomic E-state index is 11.6. The number of alkyl carbamates (subject to hydrolysis) is 1. The highest BCUT2D eigenvalue weighted by Crippen LogP contribution is 2.14. The van der Waals surface area contributed by atoms with Gasteiger partial charge in [-0.15, -0.1) is 10.2 Å². The summed E-state index contributed by atoms with van der Waals surface area (Å²) < 4.78 is 5.18. The lowest BCUT2D eigenvalue weighted by Gasteiger charge is -2.22. The second-order valence-electron chi connectivity index (χ2n) is 4.76. The first-order valence-corrected chi connectivity index (χ1v) is 5.65. The van der Waals surface area contributed by atoms with Crippen molar-refractivity contribution in [3.05, 3.63) is 5.82 Å². The minimum absolute atomic E-state index is 0.270. The maximum Gasteiger partial charge on any atom is 0.408 e. The summed E-state index contributed by atoms with van der Waals surface area (Å²) in [7, 11) is 0. The Labute approximate surface area is 100 Å². The second-order valence-corrected chi connectivity index (χ2v) is 4.76. The van der Waals surface area contributed by atoms with E-state index in [0.29, 0.717) is 5.82 Å². The normalized spacial score (nSPS) is 13.2. The molecule has 0 bridgehead atoms. The number of H-pyrrole nitrogens is 1. The van der Waals surface area contributed by atoms with Gasteiger partial charge in [0, 0.05) is 0 Å². The molecule has 0 aliphatic rings. The van der Waals surface area contributed by atoms with E-state index in [2.05, 4.69) is 25.9 Å². The summed E-state index contributed by atoms with van der Waals surface area (Å²) >= 11 is 0. The van der Waals surface area contributed by atoms with Crippen molar-refractivity contribution in [2.24, 2.45) is 0 Å². The number of rotatable bonds is 4. The predicted octanol–water partition coefficient (Wildman–Crippen LogP) is 1.57. The number of hydrogen-bond donors (Lipinski definition) is 2. The summed E-state index contributed by atoms with van der Waals surface area (Å²) in [5.41, 5.74) is -0.516. The van der Waals surface area contributed by atoms with Crippen LogP contribution >= 0.6 is 0 Å². The molecule has 0 unspecified atom stereocenters. The molecular weight excluding hydrogens is 222 g/mol. The van der Waals surface area contributed by atoms with Gasteiger partial charge in [-0.05, 0) is 27.2 Å². The van der Waals surface area contributed by atoms with Crippen LogP contribution in [0.4, 0.5) is 4.79 Å². The molecule has 0 aliphatic heterocycles. The lowest BCUT2D eigenvalue weighted by molar-refractivity contribution is 0.0498. The Morgan fingerprint density at radius 2 is 2.24 bits per heavy atom. The van der Waals surface area contributed by atoms with Crippen LogP contribution in [0.2, 0.25) is 0 Å². The molecule has 1 aromatic rings. The van der Waals surface area contributed by atoms with Gasteiger partial charge in [0.1, 0.15) is 5.60 Å². The summed E-state index contributed by atoms with van der Waals surface area (Å²) in [5.74, 6) is 0.470. The minimum Gasteiger partial charge on any atom is -0.444 e. The van der Waals surface area contributed by atoms with Gasteiger partial charge in [0.2, 0.25) is 0 Å². The van der Waals surface area contributed by atoms with Crippen molar-refractivity contribution in [3.8, 4) is 0 Å². The van der Waals surface area contributed by atoms with Crippen LogP contribution in [0.1, 0.15) is 52.4 Å². The van der Waals surface area contributed by atoms with Gasteiger partial charge >= 0.3 is 6.09 Å². The molecule has 1 rings (SSSR count). The Kier molecular flexibility index (Phi) is 4.42. The molecule has 0 spiro atoms. The van der Waals surface area contributed by atoms with Crippen molar-refractivity contribution >= 4 is 6.09 Å². The maximum absolute atomic E-state index is 11.6. The molecule has 2 N–H and O–H groups in total. The quantitative estimate of drug-likeness (QED) is 0.834. The third-order valence-corrected chi connectivity index (χ3v) is 1.94. The summed E-state index contributed by atoms with van der Waals surface area (Å²) in [4.78, 5) is 11.6. The summed E-state index contributed by atoms with van der Waals surface area (Å²) in [5, 5.41) is 16.3. The van der Waals surface area contributed by atoms with Crippen molar-refractivity contribution in [1.82, 2.24) is 25.9 Å². The Bertz CT molecular complexity index is 344. The largest absolute Gasteiger partial charge is 0.444 e. The summed E-state index contributed by atoms with van der Waals surface area (Å²) in [6, 6.07) is -0.270.